The number of rotatable bonds is 9. The number of carbonyl (C=O) groups is 2. The summed E-state index contributed by atoms with van der Waals surface area (Å²) in [4.78, 5) is 24.1. The predicted molar refractivity (Wildman–Crippen MR) is 89.8 cm³/mol. The van der Waals surface area contributed by atoms with Crippen molar-refractivity contribution in [2.24, 2.45) is 5.92 Å². The van der Waals surface area contributed by atoms with E-state index in [2.05, 4.69) is 13.8 Å². The van der Waals surface area contributed by atoms with Crippen molar-refractivity contribution in [2.45, 2.75) is 20.3 Å². The normalized spacial score (nSPS) is 10.5. The quantitative estimate of drug-likeness (QED) is 0.707. The molecule has 0 spiro atoms. The van der Waals surface area contributed by atoms with Gasteiger partial charge < -0.3 is 14.7 Å². The Hall–Kier alpha value is -1.69. The lowest BCUT2D eigenvalue weighted by Crippen LogP contribution is -2.28. The molecule has 22 heavy (non-hydrogen) atoms. The van der Waals surface area contributed by atoms with Crippen molar-refractivity contribution >= 4 is 29.3 Å². The van der Waals surface area contributed by atoms with Gasteiger partial charge in [0, 0.05) is 12.7 Å². The number of carboxylic acids is 1. The lowest BCUT2D eigenvalue weighted by atomic mass is 10.2. The highest BCUT2D eigenvalue weighted by atomic mass is 32.2. The van der Waals surface area contributed by atoms with E-state index in [0.717, 1.165) is 17.9 Å². The maximum Gasteiger partial charge on any atom is 0.341 e. The number of carbonyl (C=O) groups excluding carboxylic acids is 1. The van der Waals surface area contributed by atoms with Gasteiger partial charge in [0.25, 0.3) is 0 Å². The molecule has 1 aromatic rings. The van der Waals surface area contributed by atoms with Crippen LogP contribution in [0, 0.1) is 5.92 Å². The van der Waals surface area contributed by atoms with E-state index in [4.69, 9.17) is 9.84 Å². The molecule has 0 saturated heterocycles. The van der Waals surface area contributed by atoms with Gasteiger partial charge in [0.15, 0.2) is 6.61 Å². The average Bonchev–Trinajstić information content (AvgIpc) is 2.49. The molecule has 122 valence electrons. The van der Waals surface area contributed by atoms with Gasteiger partial charge in [-0.3, -0.25) is 4.79 Å². The summed E-state index contributed by atoms with van der Waals surface area (Å²) in [6, 6.07) is 6.81. The first kappa shape index (κ1) is 18.4. The summed E-state index contributed by atoms with van der Waals surface area (Å²) < 4.78 is 5.06. The topological polar surface area (TPSA) is 66.8 Å². The predicted octanol–water partition coefficient (Wildman–Crippen LogP) is 2.89. The molecule has 0 bridgehead atoms. The first-order valence-electron chi connectivity index (χ1n) is 7.19. The summed E-state index contributed by atoms with van der Waals surface area (Å²) in [6.45, 7) is 3.96. The molecule has 0 aromatic heterocycles. The zero-order valence-corrected chi connectivity index (χ0v) is 14.1. The van der Waals surface area contributed by atoms with E-state index in [1.165, 1.54) is 0 Å². The molecule has 0 radical (unpaired) electrons. The van der Waals surface area contributed by atoms with Gasteiger partial charge in [0.05, 0.1) is 5.75 Å². The molecular formula is C16H23NO4S. The fourth-order valence-electron chi connectivity index (χ4n) is 1.63. The second-order valence-corrected chi connectivity index (χ2v) is 6.47. The molecule has 0 atom stereocenters. The van der Waals surface area contributed by atoms with E-state index in [0.29, 0.717) is 17.4 Å². The molecule has 0 fully saturated rings. The van der Waals surface area contributed by atoms with Crippen LogP contribution in [0.15, 0.2) is 24.3 Å². The lowest BCUT2D eigenvalue weighted by molar-refractivity contribution is -0.139. The smallest absolute Gasteiger partial charge is 0.341 e. The molecule has 1 aromatic carbocycles. The Morgan fingerprint density at radius 1 is 1.27 bits per heavy atom. The molecule has 0 unspecified atom stereocenters. The SMILES string of the molecule is CC(C)CCSCC(=O)N(C)c1ccc(OCC(=O)O)cc1. The molecule has 1 rings (SSSR count). The largest absolute Gasteiger partial charge is 0.482 e. The molecule has 0 aliphatic carbocycles. The molecule has 0 aliphatic rings. The Labute approximate surface area is 135 Å². The van der Waals surface area contributed by atoms with Crippen LogP contribution in [0.2, 0.25) is 0 Å². The second-order valence-electron chi connectivity index (χ2n) is 5.36. The van der Waals surface area contributed by atoms with Crippen LogP contribution in [0.4, 0.5) is 5.69 Å². The average molecular weight is 325 g/mol. The Kier molecular flexibility index (Phi) is 7.80. The fraction of sp³-hybridized carbons (Fsp3) is 0.500. The van der Waals surface area contributed by atoms with Gasteiger partial charge in [-0.25, -0.2) is 4.79 Å². The molecule has 1 amide bonds. The Morgan fingerprint density at radius 2 is 1.91 bits per heavy atom. The van der Waals surface area contributed by atoms with Gasteiger partial charge in [-0.2, -0.15) is 11.8 Å². The highest BCUT2D eigenvalue weighted by Gasteiger charge is 2.11. The number of nitrogens with zero attached hydrogens (tertiary/aromatic N) is 1. The number of thioether (sulfide) groups is 1. The van der Waals surface area contributed by atoms with Crippen molar-refractivity contribution in [2.75, 3.05) is 30.1 Å². The van der Waals surface area contributed by atoms with E-state index in [1.807, 2.05) is 0 Å². The van der Waals surface area contributed by atoms with Crippen LogP contribution in [0.5, 0.6) is 5.75 Å². The zero-order chi connectivity index (χ0) is 16.5. The van der Waals surface area contributed by atoms with Crippen LogP contribution in [0.25, 0.3) is 0 Å². The zero-order valence-electron chi connectivity index (χ0n) is 13.2. The number of hydrogen-bond donors (Lipinski definition) is 1. The first-order chi connectivity index (χ1) is 10.4. The fourth-order valence-corrected chi connectivity index (χ4v) is 2.78. The number of anilines is 1. The van der Waals surface area contributed by atoms with E-state index in [1.54, 1.807) is 48.0 Å². The molecule has 0 heterocycles. The van der Waals surface area contributed by atoms with Gasteiger partial charge in [-0.15, -0.1) is 0 Å². The summed E-state index contributed by atoms with van der Waals surface area (Å²) in [5.41, 5.74) is 0.761. The van der Waals surface area contributed by atoms with Crippen LogP contribution in [-0.4, -0.2) is 42.1 Å². The number of carboxylic acid groups (broad SMARTS) is 1. The highest BCUT2D eigenvalue weighted by Crippen LogP contribution is 2.19. The molecular weight excluding hydrogens is 302 g/mol. The summed E-state index contributed by atoms with van der Waals surface area (Å²) in [6.07, 6.45) is 1.11. The van der Waals surface area contributed by atoms with Crippen LogP contribution in [0.1, 0.15) is 20.3 Å². The van der Waals surface area contributed by atoms with Crippen molar-refractivity contribution in [3.05, 3.63) is 24.3 Å². The minimum absolute atomic E-state index is 0.0490. The Balaban J connectivity index is 2.45. The number of hydrogen-bond acceptors (Lipinski definition) is 4. The number of aliphatic carboxylic acids is 1. The van der Waals surface area contributed by atoms with E-state index in [-0.39, 0.29) is 12.5 Å². The minimum Gasteiger partial charge on any atom is -0.482 e. The summed E-state index contributed by atoms with van der Waals surface area (Å²) >= 11 is 1.65. The summed E-state index contributed by atoms with van der Waals surface area (Å²) in [5.74, 6) is 1.60. The maximum absolute atomic E-state index is 12.1. The number of amides is 1. The van der Waals surface area contributed by atoms with Crippen molar-refractivity contribution < 1.29 is 19.4 Å². The Bertz CT molecular complexity index is 487. The first-order valence-corrected chi connectivity index (χ1v) is 8.34. The molecule has 5 nitrogen and oxygen atoms in total. The summed E-state index contributed by atoms with van der Waals surface area (Å²) in [5, 5.41) is 8.55. The minimum atomic E-state index is -1.02. The molecule has 0 aliphatic heterocycles. The Morgan fingerprint density at radius 3 is 2.45 bits per heavy atom. The highest BCUT2D eigenvalue weighted by molar-refractivity contribution is 7.99. The van der Waals surface area contributed by atoms with Crippen LogP contribution in [0.3, 0.4) is 0 Å². The van der Waals surface area contributed by atoms with Gasteiger partial charge in [-0.05, 0) is 42.4 Å². The van der Waals surface area contributed by atoms with Crippen molar-refractivity contribution in [3.63, 3.8) is 0 Å². The van der Waals surface area contributed by atoms with Crippen molar-refractivity contribution in [1.29, 1.82) is 0 Å². The molecule has 6 heteroatoms. The van der Waals surface area contributed by atoms with Gasteiger partial charge >= 0.3 is 5.97 Å². The second kappa shape index (κ2) is 9.35. The van der Waals surface area contributed by atoms with Gasteiger partial charge in [0.2, 0.25) is 5.91 Å². The summed E-state index contributed by atoms with van der Waals surface area (Å²) in [7, 11) is 1.73. The number of benzene rings is 1. The monoisotopic (exact) mass is 325 g/mol. The van der Waals surface area contributed by atoms with Crippen LogP contribution in [-0.2, 0) is 9.59 Å². The van der Waals surface area contributed by atoms with Gasteiger partial charge in [-0.1, -0.05) is 13.8 Å². The molecule has 1 N–H and O–H groups in total. The third kappa shape index (κ3) is 6.85. The third-order valence-electron chi connectivity index (χ3n) is 3.03. The van der Waals surface area contributed by atoms with Gasteiger partial charge in [0.1, 0.15) is 5.75 Å². The van der Waals surface area contributed by atoms with Crippen LogP contribution >= 0.6 is 11.8 Å². The van der Waals surface area contributed by atoms with Crippen LogP contribution < -0.4 is 9.64 Å². The lowest BCUT2D eigenvalue weighted by Gasteiger charge is -2.17. The van der Waals surface area contributed by atoms with E-state index >= 15 is 0 Å². The van der Waals surface area contributed by atoms with E-state index in [9.17, 15) is 9.59 Å². The van der Waals surface area contributed by atoms with E-state index < -0.39 is 5.97 Å². The van der Waals surface area contributed by atoms with Crippen molar-refractivity contribution in [3.8, 4) is 5.75 Å². The van der Waals surface area contributed by atoms with Crippen molar-refractivity contribution in [1.82, 2.24) is 0 Å². The number of ether oxygens (including phenoxy) is 1. The maximum atomic E-state index is 12.1. The standard InChI is InChI=1S/C16H23NO4S/c1-12(2)8-9-22-11-15(18)17(3)13-4-6-14(7-5-13)21-10-16(19)20/h4-7,12H,8-11H2,1-3H3,(H,19,20). The third-order valence-corrected chi connectivity index (χ3v) is 4.00. The molecule has 0 saturated carbocycles.